The summed E-state index contributed by atoms with van der Waals surface area (Å²) in [5.41, 5.74) is 1.27. The van der Waals surface area contributed by atoms with Crippen LogP contribution in [-0.4, -0.2) is 25.5 Å². The molecule has 0 amide bonds. The van der Waals surface area contributed by atoms with Crippen LogP contribution in [0.2, 0.25) is 0 Å². The van der Waals surface area contributed by atoms with Gasteiger partial charge in [-0.2, -0.15) is 0 Å². The maximum Gasteiger partial charge on any atom is 0.132 e. The Morgan fingerprint density at radius 3 is 2.69 bits per heavy atom. The van der Waals surface area contributed by atoms with E-state index >= 15 is 0 Å². The zero-order valence-electron chi connectivity index (χ0n) is 9.74. The number of Topliss-reactive ketones (excluding diaryl/α,β-unsaturated/α-hetero) is 1. The SMILES string of the molecule is CC(=O)CCOCCNCc1ccccc1. The molecule has 0 saturated heterocycles. The first kappa shape index (κ1) is 12.9. The summed E-state index contributed by atoms with van der Waals surface area (Å²) < 4.78 is 5.30. The quantitative estimate of drug-likeness (QED) is 0.680. The molecule has 0 spiro atoms. The van der Waals surface area contributed by atoms with Crippen LogP contribution in [0.1, 0.15) is 18.9 Å². The van der Waals surface area contributed by atoms with Gasteiger partial charge in [-0.15, -0.1) is 0 Å². The molecule has 0 atom stereocenters. The number of ether oxygens (including phenoxy) is 1. The average molecular weight is 221 g/mol. The second-order valence-corrected chi connectivity index (χ2v) is 3.73. The number of nitrogens with one attached hydrogen (secondary N) is 1. The number of hydrogen-bond acceptors (Lipinski definition) is 3. The molecule has 0 fully saturated rings. The van der Waals surface area contributed by atoms with E-state index < -0.39 is 0 Å². The molecule has 0 radical (unpaired) electrons. The van der Waals surface area contributed by atoms with Crippen molar-refractivity contribution >= 4 is 5.78 Å². The highest BCUT2D eigenvalue weighted by atomic mass is 16.5. The number of rotatable bonds is 8. The van der Waals surface area contributed by atoms with Crippen LogP contribution >= 0.6 is 0 Å². The monoisotopic (exact) mass is 221 g/mol. The lowest BCUT2D eigenvalue weighted by molar-refractivity contribution is -0.118. The Morgan fingerprint density at radius 1 is 1.25 bits per heavy atom. The Labute approximate surface area is 96.8 Å². The summed E-state index contributed by atoms with van der Waals surface area (Å²) in [6.45, 7) is 4.43. The lowest BCUT2D eigenvalue weighted by Gasteiger charge is -2.05. The fraction of sp³-hybridized carbons (Fsp3) is 0.462. The van der Waals surface area contributed by atoms with E-state index in [2.05, 4.69) is 17.4 Å². The first-order valence-electron chi connectivity index (χ1n) is 5.61. The molecular weight excluding hydrogens is 202 g/mol. The van der Waals surface area contributed by atoms with Crippen molar-refractivity contribution in [2.24, 2.45) is 0 Å². The number of benzene rings is 1. The van der Waals surface area contributed by atoms with Crippen LogP contribution in [0.3, 0.4) is 0 Å². The van der Waals surface area contributed by atoms with Crippen molar-refractivity contribution in [3.05, 3.63) is 35.9 Å². The van der Waals surface area contributed by atoms with E-state index in [-0.39, 0.29) is 5.78 Å². The molecule has 0 bridgehead atoms. The van der Waals surface area contributed by atoms with Crippen LogP contribution in [0, 0.1) is 0 Å². The van der Waals surface area contributed by atoms with Crippen LogP contribution < -0.4 is 5.32 Å². The van der Waals surface area contributed by atoms with Crippen LogP contribution in [0.25, 0.3) is 0 Å². The van der Waals surface area contributed by atoms with Crippen LogP contribution in [0.15, 0.2) is 30.3 Å². The third-order valence-corrected chi connectivity index (χ3v) is 2.19. The molecule has 88 valence electrons. The molecule has 3 heteroatoms. The van der Waals surface area contributed by atoms with E-state index in [4.69, 9.17) is 4.74 Å². The van der Waals surface area contributed by atoms with Gasteiger partial charge in [0.15, 0.2) is 0 Å². The van der Waals surface area contributed by atoms with Crippen molar-refractivity contribution in [1.82, 2.24) is 5.32 Å². The Balaban J connectivity index is 1.94. The van der Waals surface area contributed by atoms with E-state index in [1.165, 1.54) is 5.56 Å². The molecule has 1 aromatic rings. The highest BCUT2D eigenvalue weighted by Crippen LogP contribution is 1.96. The van der Waals surface area contributed by atoms with Gasteiger partial charge in [0, 0.05) is 19.5 Å². The van der Waals surface area contributed by atoms with Gasteiger partial charge < -0.3 is 10.1 Å². The van der Waals surface area contributed by atoms with Crippen LogP contribution in [0.4, 0.5) is 0 Å². The minimum absolute atomic E-state index is 0.178. The zero-order valence-corrected chi connectivity index (χ0v) is 9.74. The molecule has 0 aromatic heterocycles. The van der Waals surface area contributed by atoms with Gasteiger partial charge in [-0.1, -0.05) is 30.3 Å². The molecule has 0 aliphatic heterocycles. The van der Waals surface area contributed by atoms with E-state index in [1.54, 1.807) is 6.92 Å². The molecular formula is C13H19NO2. The average Bonchev–Trinajstić information content (AvgIpc) is 2.29. The van der Waals surface area contributed by atoms with Gasteiger partial charge >= 0.3 is 0 Å². The molecule has 0 aliphatic carbocycles. The number of ketones is 1. The lowest BCUT2D eigenvalue weighted by atomic mass is 10.2. The minimum Gasteiger partial charge on any atom is -0.380 e. The predicted molar refractivity (Wildman–Crippen MR) is 64.3 cm³/mol. The van der Waals surface area contributed by atoms with Crippen molar-refractivity contribution in [2.75, 3.05) is 19.8 Å². The third-order valence-electron chi connectivity index (χ3n) is 2.19. The van der Waals surface area contributed by atoms with Crippen molar-refractivity contribution in [3.63, 3.8) is 0 Å². The lowest BCUT2D eigenvalue weighted by Crippen LogP contribution is -2.19. The molecule has 1 aromatic carbocycles. The van der Waals surface area contributed by atoms with Gasteiger partial charge in [0.05, 0.1) is 13.2 Å². The van der Waals surface area contributed by atoms with E-state index in [9.17, 15) is 4.79 Å². The first-order chi connectivity index (χ1) is 7.79. The molecule has 0 saturated carbocycles. The Hall–Kier alpha value is -1.19. The minimum atomic E-state index is 0.178. The van der Waals surface area contributed by atoms with Gasteiger partial charge in [-0.3, -0.25) is 4.79 Å². The summed E-state index contributed by atoms with van der Waals surface area (Å²) >= 11 is 0. The van der Waals surface area contributed by atoms with Gasteiger partial charge in [0.2, 0.25) is 0 Å². The summed E-state index contributed by atoms with van der Waals surface area (Å²) in [7, 11) is 0. The summed E-state index contributed by atoms with van der Waals surface area (Å²) in [5.74, 6) is 0.178. The summed E-state index contributed by atoms with van der Waals surface area (Å²) in [4.78, 5) is 10.6. The fourth-order valence-electron chi connectivity index (χ4n) is 1.29. The number of carbonyl (C=O) groups excluding carboxylic acids is 1. The topological polar surface area (TPSA) is 38.3 Å². The van der Waals surface area contributed by atoms with Crippen LogP contribution in [-0.2, 0) is 16.1 Å². The zero-order chi connectivity index (χ0) is 11.6. The highest BCUT2D eigenvalue weighted by Gasteiger charge is 1.94. The largest absolute Gasteiger partial charge is 0.380 e. The summed E-state index contributed by atoms with van der Waals surface area (Å²) in [5, 5.41) is 3.28. The second kappa shape index (κ2) is 8.02. The standard InChI is InChI=1S/C13H19NO2/c1-12(15)7-9-16-10-8-14-11-13-5-3-2-4-6-13/h2-6,14H,7-11H2,1H3. The highest BCUT2D eigenvalue weighted by molar-refractivity contribution is 5.75. The van der Waals surface area contributed by atoms with Gasteiger partial charge in [0.25, 0.3) is 0 Å². The van der Waals surface area contributed by atoms with Crippen LogP contribution in [0.5, 0.6) is 0 Å². The van der Waals surface area contributed by atoms with Crippen molar-refractivity contribution in [3.8, 4) is 0 Å². The van der Waals surface area contributed by atoms with E-state index in [0.717, 1.165) is 13.1 Å². The molecule has 1 rings (SSSR count). The van der Waals surface area contributed by atoms with Gasteiger partial charge in [-0.05, 0) is 12.5 Å². The second-order valence-electron chi connectivity index (χ2n) is 3.73. The first-order valence-corrected chi connectivity index (χ1v) is 5.61. The molecule has 0 aliphatic rings. The number of carbonyl (C=O) groups is 1. The normalized spacial score (nSPS) is 10.3. The Bertz CT molecular complexity index is 298. The molecule has 16 heavy (non-hydrogen) atoms. The molecule has 0 heterocycles. The molecule has 1 N–H and O–H groups in total. The predicted octanol–water partition coefficient (Wildman–Crippen LogP) is 1.77. The Morgan fingerprint density at radius 2 is 2.00 bits per heavy atom. The van der Waals surface area contributed by atoms with E-state index in [0.29, 0.717) is 19.6 Å². The van der Waals surface area contributed by atoms with Crippen molar-refractivity contribution < 1.29 is 9.53 Å². The maximum atomic E-state index is 10.6. The van der Waals surface area contributed by atoms with E-state index in [1.807, 2.05) is 18.2 Å². The maximum absolute atomic E-state index is 10.6. The van der Waals surface area contributed by atoms with Crippen molar-refractivity contribution in [1.29, 1.82) is 0 Å². The third kappa shape index (κ3) is 6.32. The number of hydrogen-bond donors (Lipinski definition) is 1. The van der Waals surface area contributed by atoms with Gasteiger partial charge in [0.1, 0.15) is 5.78 Å². The molecule has 3 nitrogen and oxygen atoms in total. The van der Waals surface area contributed by atoms with Gasteiger partial charge in [-0.25, -0.2) is 0 Å². The van der Waals surface area contributed by atoms with Crippen molar-refractivity contribution in [2.45, 2.75) is 19.9 Å². The smallest absolute Gasteiger partial charge is 0.132 e. The Kier molecular flexibility index (Phi) is 6.45. The fourth-order valence-corrected chi connectivity index (χ4v) is 1.29. The summed E-state index contributed by atoms with van der Waals surface area (Å²) in [6, 6.07) is 10.2. The molecule has 0 unspecified atom stereocenters. The summed E-state index contributed by atoms with van der Waals surface area (Å²) in [6.07, 6.45) is 0.513.